The minimum atomic E-state index is -0.121. The fourth-order valence-electron chi connectivity index (χ4n) is 3.30. The van der Waals surface area contributed by atoms with Crippen molar-refractivity contribution in [3.8, 4) is 11.5 Å². The molecule has 5 nitrogen and oxygen atoms in total. The van der Waals surface area contributed by atoms with Crippen LogP contribution in [0.1, 0.15) is 21.6 Å². The van der Waals surface area contributed by atoms with Crippen molar-refractivity contribution in [2.45, 2.75) is 13.3 Å². The van der Waals surface area contributed by atoms with Gasteiger partial charge < -0.3 is 19.4 Å². The van der Waals surface area contributed by atoms with Crippen molar-refractivity contribution in [2.75, 3.05) is 20.8 Å². The molecule has 5 heteroatoms. The van der Waals surface area contributed by atoms with Gasteiger partial charge in [-0.1, -0.05) is 18.2 Å². The Labute approximate surface area is 153 Å². The number of nitrogens with zero attached hydrogens (tertiary/aromatic N) is 1. The van der Waals surface area contributed by atoms with Gasteiger partial charge in [0.25, 0.3) is 5.91 Å². The van der Waals surface area contributed by atoms with Crippen molar-refractivity contribution >= 4 is 16.8 Å². The van der Waals surface area contributed by atoms with Crippen molar-refractivity contribution in [3.05, 3.63) is 59.3 Å². The molecule has 0 aliphatic heterocycles. The van der Waals surface area contributed by atoms with Crippen LogP contribution in [0, 0.1) is 6.92 Å². The van der Waals surface area contributed by atoms with Gasteiger partial charge in [0, 0.05) is 35.8 Å². The second-order valence-electron chi connectivity index (χ2n) is 6.22. The summed E-state index contributed by atoms with van der Waals surface area (Å²) in [6.07, 6.45) is 0.784. The number of fused-ring (bicyclic) bond motifs is 1. The molecule has 1 N–H and O–H groups in total. The van der Waals surface area contributed by atoms with Gasteiger partial charge in [-0.2, -0.15) is 0 Å². The molecular weight excluding hydrogens is 328 g/mol. The normalized spacial score (nSPS) is 10.8. The highest BCUT2D eigenvalue weighted by atomic mass is 16.5. The SMILES string of the molecule is COc1ccc(C(=O)NCCc2c(C)n(C)c3ccccc23)cc1OC. The number of nitrogens with one attached hydrogen (secondary N) is 1. The van der Waals surface area contributed by atoms with Crippen LogP contribution < -0.4 is 14.8 Å². The van der Waals surface area contributed by atoms with E-state index in [2.05, 4.69) is 36.0 Å². The van der Waals surface area contributed by atoms with Crippen LogP contribution in [0.15, 0.2) is 42.5 Å². The van der Waals surface area contributed by atoms with Gasteiger partial charge in [-0.25, -0.2) is 0 Å². The van der Waals surface area contributed by atoms with Crippen molar-refractivity contribution in [2.24, 2.45) is 7.05 Å². The van der Waals surface area contributed by atoms with Crippen LogP contribution >= 0.6 is 0 Å². The van der Waals surface area contributed by atoms with Crippen molar-refractivity contribution in [3.63, 3.8) is 0 Å². The van der Waals surface area contributed by atoms with Gasteiger partial charge in [0.05, 0.1) is 14.2 Å². The van der Waals surface area contributed by atoms with Gasteiger partial charge in [0.15, 0.2) is 11.5 Å². The lowest BCUT2D eigenvalue weighted by Gasteiger charge is -2.10. The first-order valence-electron chi connectivity index (χ1n) is 8.60. The molecule has 0 spiro atoms. The van der Waals surface area contributed by atoms with E-state index in [0.29, 0.717) is 23.6 Å². The number of amides is 1. The smallest absolute Gasteiger partial charge is 0.251 e. The number of methoxy groups -OCH3 is 2. The van der Waals surface area contributed by atoms with Gasteiger partial charge in [-0.05, 0) is 43.2 Å². The minimum Gasteiger partial charge on any atom is -0.493 e. The molecular formula is C21H24N2O3. The Bertz CT molecular complexity index is 944. The summed E-state index contributed by atoms with van der Waals surface area (Å²) < 4.78 is 12.7. The Morgan fingerprint density at radius 1 is 1.08 bits per heavy atom. The largest absolute Gasteiger partial charge is 0.493 e. The third-order valence-corrected chi connectivity index (χ3v) is 4.84. The lowest BCUT2D eigenvalue weighted by molar-refractivity contribution is 0.0953. The van der Waals surface area contributed by atoms with Crippen LogP contribution in [0.25, 0.3) is 10.9 Å². The van der Waals surface area contributed by atoms with Crippen LogP contribution in [-0.2, 0) is 13.5 Å². The molecule has 0 atom stereocenters. The van der Waals surface area contributed by atoms with Gasteiger partial charge in [0.1, 0.15) is 0 Å². The molecule has 3 rings (SSSR count). The molecule has 0 saturated heterocycles. The summed E-state index contributed by atoms with van der Waals surface area (Å²) in [4.78, 5) is 12.4. The second kappa shape index (κ2) is 7.52. The molecule has 1 heterocycles. The average Bonchev–Trinajstić information content (AvgIpc) is 2.92. The first-order chi connectivity index (χ1) is 12.6. The molecule has 0 saturated carbocycles. The standard InChI is InChI=1S/C21H24N2O3/c1-14-16(17-7-5-6-8-18(17)23(14)2)11-12-22-21(24)15-9-10-19(25-3)20(13-15)26-4/h5-10,13H,11-12H2,1-4H3,(H,22,24). The molecule has 1 amide bonds. The van der Waals surface area contributed by atoms with E-state index >= 15 is 0 Å². The summed E-state index contributed by atoms with van der Waals surface area (Å²) >= 11 is 0. The molecule has 0 bridgehead atoms. The van der Waals surface area contributed by atoms with Crippen molar-refractivity contribution in [1.29, 1.82) is 0 Å². The monoisotopic (exact) mass is 352 g/mol. The van der Waals surface area contributed by atoms with Crippen LogP contribution in [0.4, 0.5) is 0 Å². The van der Waals surface area contributed by atoms with Crippen molar-refractivity contribution < 1.29 is 14.3 Å². The number of ether oxygens (including phenoxy) is 2. The number of benzene rings is 2. The van der Waals surface area contributed by atoms with Gasteiger partial charge in [-0.15, -0.1) is 0 Å². The quantitative estimate of drug-likeness (QED) is 0.739. The summed E-state index contributed by atoms with van der Waals surface area (Å²) in [5.41, 5.74) is 4.27. The number of carbonyl (C=O) groups excluding carboxylic acids is 1. The van der Waals surface area contributed by atoms with E-state index in [1.807, 2.05) is 12.1 Å². The summed E-state index contributed by atoms with van der Waals surface area (Å²) in [7, 11) is 5.20. The maximum atomic E-state index is 12.4. The molecule has 136 valence electrons. The van der Waals surface area contributed by atoms with Gasteiger partial charge in [0.2, 0.25) is 0 Å². The van der Waals surface area contributed by atoms with E-state index in [1.54, 1.807) is 32.4 Å². The fraction of sp³-hybridized carbons (Fsp3) is 0.286. The third-order valence-electron chi connectivity index (χ3n) is 4.84. The Kier molecular flexibility index (Phi) is 5.16. The van der Waals surface area contributed by atoms with Crippen molar-refractivity contribution in [1.82, 2.24) is 9.88 Å². The number of aryl methyl sites for hydroxylation is 1. The van der Waals surface area contributed by atoms with Gasteiger partial charge in [-0.3, -0.25) is 4.79 Å². The predicted octanol–water partition coefficient (Wildman–Crippen LogP) is 3.48. The summed E-state index contributed by atoms with van der Waals surface area (Å²) in [5, 5.41) is 4.24. The van der Waals surface area contributed by atoms with Crippen LogP contribution in [0.5, 0.6) is 11.5 Å². The van der Waals surface area contributed by atoms with Crippen LogP contribution in [-0.4, -0.2) is 31.2 Å². The number of rotatable bonds is 6. The molecule has 0 unspecified atom stereocenters. The maximum Gasteiger partial charge on any atom is 0.251 e. The predicted molar refractivity (Wildman–Crippen MR) is 103 cm³/mol. The lowest BCUT2D eigenvalue weighted by atomic mass is 10.1. The highest BCUT2D eigenvalue weighted by Gasteiger charge is 2.13. The third kappa shape index (κ3) is 3.25. The Hall–Kier alpha value is -2.95. The van der Waals surface area contributed by atoms with Crippen LogP contribution in [0.2, 0.25) is 0 Å². The number of carbonyl (C=O) groups is 1. The van der Waals surface area contributed by atoms with E-state index < -0.39 is 0 Å². The first kappa shape index (κ1) is 17.9. The molecule has 0 fully saturated rings. The minimum absolute atomic E-state index is 0.121. The zero-order valence-electron chi connectivity index (χ0n) is 15.6. The second-order valence-corrected chi connectivity index (χ2v) is 6.22. The highest BCUT2D eigenvalue weighted by molar-refractivity contribution is 5.95. The van der Waals surface area contributed by atoms with E-state index in [0.717, 1.165) is 6.42 Å². The molecule has 3 aromatic rings. The zero-order valence-corrected chi connectivity index (χ0v) is 15.6. The average molecular weight is 352 g/mol. The summed E-state index contributed by atoms with van der Waals surface area (Å²) in [6, 6.07) is 13.5. The fourth-order valence-corrected chi connectivity index (χ4v) is 3.30. The number of aromatic nitrogens is 1. The molecule has 2 aromatic carbocycles. The number of hydrogen-bond acceptors (Lipinski definition) is 3. The molecule has 0 radical (unpaired) electrons. The molecule has 0 aliphatic rings. The van der Waals surface area contributed by atoms with E-state index in [9.17, 15) is 4.79 Å². The zero-order chi connectivity index (χ0) is 18.7. The topological polar surface area (TPSA) is 52.5 Å². The lowest BCUT2D eigenvalue weighted by Crippen LogP contribution is -2.25. The van der Waals surface area contributed by atoms with E-state index in [1.165, 1.54) is 22.2 Å². The summed E-state index contributed by atoms with van der Waals surface area (Å²) in [6.45, 7) is 2.69. The highest BCUT2D eigenvalue weighted by Crippen LogP contribution is 2.28. The number of hydrogen-bond donors (Lipinski definition) is 1. The number of para-hydroxylation sites is 1. The molecule has 26 heavy (non-hydrogen) atoms. The Balaban J connectivity index is 1.71. The maximum absolute atomic E-state index is 12.4. The Morgan fingerprint density at radius 3 is 2.54 bits per heavy atom. The van der Waals surface area contributed by atoms with Gasteiger partial charge >= 0.3 is 0 Å². The van der Waals surface area contributed by atoms with Crippen LogP contribution in [0.3, 0.4) is 0 Å². The van der Waals surface area contributed by atoms with E-state index in [4.69, 9.17) is 9.47 Å². The summed E-state index contributed by atoms with van der Waals surface area (Å²) in [5.74, 6) is 1.03. The molecule has 1 aromatic heterocycles. The first-order valence-corrected chi connectivity index (χ1v) is 8.60. The molecule has 0 aliphatic carbocycles. The Morgan fingerprint density at radius 2 is 1.81 bits per heavy atom. The van der Waals surface area contributed by atoms with E-state index in [-0.39, 0.29) is 5.91 Å².